The zero-order valence-electron chi connectivity index (χ0n) is 11.4. The summed E-state index contributed by atoms with van der Waals surface area (Å²) in [5.41, 5.74) is -0.153. The van der Waals surface area contributed by atoms with Crippen molar-refractivity contribution in [1.29, 1.82) is 0 Å². The Morgan fingerprint density at radius 1 is 1.22 bits per heavy atom. The number of phenols is 1. The Bertz CT molecular complexity index is 765. The first-order valence-electron chi connectivity index (χ1n) is 6.27. The topological polar surface area (TPSA) is 72.6 Å². The molecule has 0 saturated carbocycles. The lowest BCUT2D eigenvalue weighted by molar-refractivity contribution is -0.385. The van der Waals surface area contributed by atoms with Crippen molar-refractivity contribution in [2.24, 2.45) is 0 Å². The number of hydrogen-bond donors (Lipinski definition) is 1. The van der Waals surface area contributed by atoms with E-state index in [-0.39, 0.29) is 16.3 Å². The molecule has 0 atom stereocenters. The monoisotopic (exact) mass is 341 g/mol. The Hall–Kier alpha value is -2.67. The Labute approximate surface area is 134 Å². The third-order valence-corrected chi connectivity index (χ3v) is 3.08. The molecule has 0 aromatic heterocycles. The number of halogens is 3. The molecule has 23 heavy (non-hydrogen) atoms. The lowest BCUT2D eigenvalue weighted by atomic mass is 10.1. The van der Waals surface area contributed by atoms with Gasteiger partial charge in [0.1, 0.15) is 5.75 Å². The van der Waals surface area contributed by atoms with Gasteiger partial charge in [0.05, 0.1) is 4.92 Å². The lowest BCUT2D eigenvalue weighted by Gasteiger charge is -2.07. The predicted octanol–water partition coefficient (Wildman–Crippen LogP) is 4.73. The van der Waals surface area contributed by atoms with E-state index in [1.165, 1.54) is 36.4 Å². The molecule has 2 aromatic rings. The van der Waals surface area contributed by atoms with Gasteiger partial charge in [-0.2, -0.15) is 8.78 Å². The molecular weight excluding hydrogens is 332 g/mol. The quantitative estimate of drug-likeness (QED) is 0.485. The van der Waals surface area contributed by atoms with E-state index in [0.29, 0.717) is 5.56 Å². The van der Waals surface area contributed by atoms with Crippen LogP contribution in [0.2, 0.25) is 5.02 Å². The first-order chi connectivity index (χ1) is 10.9. The summed E-state index contributed by atoms with van der Waals surface area (Å²) in [6.07, 6.45) is 2.70. The van der Waals surface area contributed by atoms with Crippen molar-refractivity contribution < 1.29 is 23.5 Å². The number of aromatic hydroxyl groups is 1. The number of hydrogen-bond acceptors (Lipinski definition) is 4. The molecule has 1 N–H and O–H groups in total. The average molecular weight is 342 g/mol. The number of benzene rings is 2. The van der Waals surface area contributed by atoms with Gasteiger partial charge in [0.15, 0.2) is 0 Å². The van der Waals surface area contributed by atoms with Crippen LogP contribution in [0.1, 0.15) is 11.1 Å². The molecule has 0 saturated heterocycles. The average Bonchev–Trinajstić information content (AvgIpc) is 2.48. The maximum atomic E-state index is 12.3. The van der Waals surface area contributed by atoms with Gasteiger partial charge in [-0.3, -0.25) is 10.1 Å². The van der Waals surface area contributed by atoms with Crippen molar-refractivity contribution in [3.8, 4) is 11.5 Å². The SMILES string of the molecule is O=[N+]([O-])c1cc(Cl)cc(C=Cc2ccccc2OC(F)F)c1O. The number of alkyl halides is 2. The van der Waals surface area contributed by atoms with Gasteiger partial charge in [0, 0.05) is 22.2 Å². The smallest absolute Gasteiger partial charge is 0.387 e. The molecule has 0 spiro atoms. The highest BCUT2D eigenvalue weighted by atomic mass is 35.5. The lowest BCUT2D eigenvalue weighted by Crippen LogP contribution is -2.02. The Morgan fingerprint density at radius 2 is 1.87 bits per heavy atom. The highest BCUT2D eigenvalue weighted by Crippen LogP contribution is 2.34. The van der Waals surface area contributed by atoms with E-state index in [4.69, 9.17) is 11.6 Å². The van der Waals surface area contributed by atoms with E-state index in [0.717, 1.165) is 6.07 Å². The summed E-state index contributed by atoms with van der Waals surface area (Å²) >= 11 is 5.77. The maximum Gasteiger partial charge on any atom is 0.387 e. The second kappa shape index (κ2) is 7.06. The van der Waals surface area contributed by atoms with Crippen LogP contribution in [0, 0.1) is 10.1 Å². The molecule has 0 heterocycles. The number of nitrogens with zero attached hydrogens (tertiary/aromatic N) is 1. The van der Waals surface area contributed by atoms with E-state index in [1.807, 2.05) is 0 Å². The molecule has 0 amide bonds. The molecule has 0 radical (unpaired) electrons. The fourth-order valence-electron chi connectivity index (χ4n) is 1.87. The standard InChI is InChI=1S/C15H10ClF2NO4/c16-11-7-10(14(20)12(8-11)19(21)22)6-5-9-3-1-2-4-13(9)23-15(17)18/h1-8,15,20H. The molecule has 0 aliphatic heterocycles. The molecule has 8 heteroatoms. The third-order valence-electron chi connectivity index (χ3n) is 2.86. The fourth-order valence-corrected chi connectivity index (χ4v) is 2.09. The minimum atomic E-state index is -2.98. The molecule has 5 nitrogen and oxygen atoms in total. The molecule has 0 aliphatic rings. The first-order valence-corrected chi connectivity index (χ1v) is 6.65. The summed E-state index contributed by atoms with van der Waals surface area (Å²) in [7, 11) is 0. The third kappa shape index (κ3) is 4.17. The van der Waals surface area contributed by atoms with E-state index < -0.39 is 23.0 Å². The summed E-state index contributed by atoms with van der Waals surface area (Å²) in [5, 5.41) is 20.8. The van der Waals surface area contributed by atoms with Gasteiger partial charge in [0.25, 0.3) is 0 Å². The van der Waals surface area contributed by atoms with Crippen LogP contribution < -0.4 is 4.74 Å². The van der Waals surface area contributed by atoms with Crippen LogP contribution in [0.15, 0.2) is 36.4 Å². The zero-order valence-corrected chi connectivity index (χ0v) is 12.2. The van der Waals surface area contributed by atoms with Crippen molar-refractivity contribution in [2.45, 2.75) is 6.61 Å². The van der Waals surface area contributed by atoms with Crippen LogP contribution in [0.25, 0.3) is 12.2 Å². The molecule has 2 aromatic carbocycles. The van der Waals surface area contributed by atoms with Crippen LogP contribution in [0.3, 0.4) is 0 Å². The van der Waals surface area contributed by atoms with Crippen LogP contribution in [-0.2, 0) is 0 Å². The number of para-hydroxylation sites is 1. The van der Waals surface area contributed by atoms with Crippen LogP contribution in [0.4, 0.5) is 14.5 Å². The normalized spacial score (nSPS) is 11.1. The van der Waals surface area contributed by atoms with E-state index >= 15 is 0 Å². The van der Waals surface area contributed by atoms with Gasteiger partial charge in [-0.25, -0.2) is 0 Å². The number of phenolic OH excluding ortho intramolecular Hbond substituents is 1. The van der Waals surface area contributed by atoms with Gasteiger partial charge in [-0.15, -0.1) is 0 Å². The van der Waals surface area contributed by atoms with Crippen molar-refractivity contribution in [3.63, 3.8) is 0 Å². The van der Waals surface area contributed by atoms with Crippen molar-refractivity contribution >= 4 is 29.4 Å². The van der Waals surface area contributed by atoms with E-state index in [1.54, 1.807) is 6.07 Å². The molecule has 0 unspecified atom stereocenters. The second-order valence-electron chi connectivity index (χ2n) is 4.37. The number of nitro groups is 1. The largest absolute Gasteiger partial charge is 0.502 e. The Morgan fingerprint density at radius 3 is 2.52 bits per heavy atom. The highest BCUT2D eigenvalue weighted by molar-refractivity contribution is 6.31. The van der Waals surface area contributed by atoms with Crippen molar-refractivity contribution in [2.75, 3.05) is 0 Å². The summed E-state index contributed by atoms with van der Waals surface area (Å²) in [5.74, 6) is -0.627. The van der Waals surface area contributed by atoms with Gasteiger partial charge in [-0.1, -0.05) is 42.0 Å². The van der Waals surface area contributed by atoms with Crippen molar-refractivity contribution in [1.82, 2.24) is 0 Å². The predicted molar refractivity (Wildman–Crippen MR) is 81.8 cm³/mol. The summed E-state index contributed by atoms with van der Waals surface area (Å²) in [4.78, 5) is 10.1. The molecule has 0 aliphatic carbocycles. The Kier molecular flexibility index (Phi) is 5.13. The summed E-state index contributed by atoms with van der Waals surface area (Å²) < 4.78 is 29.1. The zero-order chi connectivity index (χ0) is 17.0. The molecule has 0 bridgehead atoms. The van der Waals surface area contributed by atoms with E-state index in [2.05, 4.69) is 4.74 Å². The first kappa shape index (κ1) is 16.7. The number of ether oxygens (including phenoxy) is 1. The highest BCUT2D eigenvalue weighted by Gasteiger charge is 2.17. The van der Waals surface area contributed by atoms with Crippen molar-refractivity contribution in [3.05, 3.63) is 62.7 Å². The molecule has 120 valence electrons. The van der Waals surface area contributed by atoms with Gasteiger partial charge in [-0.05, 0) is 12.1 Å². The molecular formula is C15H10ClF2NO4. The van der Waals surface area contributed by atoms with Gasteiger partial charge >= 0.3 is 12.3 Å². The number of rotatable bonds is 5. The summed E-state index contributed by atoms with van der Waals surface area (Å²) in [6.45, 7) is -2.98. The van der Waals surface area contributed by atoms with Crippen LogP contribution >= 0.6 is 11.6 Å². The second-order valence-corrected chi connectivity index (χ2v) is 4.81. The maximum absolute atomic E-state index is 12.3. The fraction of sp³-hybridized carbons (Fsp3) is 0.0667. The minimum Gasteiger partial charge on any atom is -0.502 e. The van der Waals surface area contributed by atoms with Crippen LogP contribution in [0.5, 0.6) is 11.5 Å². The number of nitro benzene ring substituents is 1. The molecule has 0 fully saturated rings. The van der Waals surface area contributed by atoms with E-state index in [9.17, 15) is 24.0 Å². The van der Waals surface area contributed by atoms with Gasteiger partial charge in [0.2, 0.25) is 5.75 Å². The molecule has 2 rings (SSSR count). The van der Waals surface area contributed by atoms with Gasteiger partial charge < -0.3 is 9.84 Å². The Balaban J connectivity index is 2.40. The minimum absolute atomic E-state index is 0.0604. The summed E-state index contributed by atoms with van der Waals surface area (Å²) in [6, 6.07) is 8.34. The van der Waals surface area contributed by atoms with Crippen LogP contribution in [-0.4, -0.2) is 16.6 Å².